The molecule has 0 bridgehead atoms. The van der Waals surface area contributed by atoms with Crippen LogP contribution in [0.2, 0.25) is 19.6 Å². The Kier molecular flexibility index (Phi) is 4.84. The van der Waals surface area contributed by atoms with Gasteiger partial charge >= 0.3 is 0 Å². The molecule has 2 aromatic carbocycles. The van der Waals surface area contributed by atoms with E-state index in [0.717, 1.165) is 11.3 Å². The molecule has 2 aromatic rings. The topological polar surface area (TPSA) is 12.4 Å². The maximum Gasteiger partial charge on any atom is 0.114 e. The molecule has 0 radical (unpaired) electrons. The van der Waals surface area contributed by atoms with Crippen molar-refractivity contribution in [3.05, 3.63) is 59.7 Å². The van der Waals surface area contributed by atoms with Crippen molar-refractivity contribution in [3.8, 4) is 0 Å². The summed E-state index contributed by atoms with van der Waals surface area (Å²) in [4.78, 5) is 5.95. The van der Waals surface area contributed by atoms with Gasteiger partial charge < -0.3 is 0 Å². The van der Waals surface area contributed by atoms with E-state index >= 15 is 0 Å². The van der Waals surface area contributed by atoms with Crippen molar-refractivity contribution in [2.75, 3.05) is 0 Å². The first-order chi connectivity index (χ1) is 9.44. The molecule has 0 amide bonds. The Balaban J connectivity index is 2.22. The molecule has 0 aliphatic rings. The first-order valence-electron chi connectivity index (χ1n) is 6.83. The van der Waals surface area contributed by atoms with Crippen LogP contribution in [0.25, 0.3) is 0 Å². The van der Waals surface area contributed by atoms with Gasteiger partial charge in [0.25, 0.3) is 0 Å². The van der Waals surface area contributed by atoms with Crippen molar-refractivity contribution in [2.45, 2.75) is 31.5 Å². The highest BCUT2D eigenvalue weighted by Gasteiger charge is 2.16. The Hall–Kier alpha value is -1.32. The lowest BCUT2D eigenvalue weighted by Crippen LogP contribution is -2.13. The van der Waals surface area contributed by atoms with Gasteiger partial charge in [0.1, 0.15) is 7.22 Å². The van der Waals surface area contributed by atoms with Crippen molar-refractivity contribution in [1.82, 2.24) is 0 Å². The Labute approximate surface area is 126 Å². The van der Waals surface area contributed by atoms with Gasteiger partial charge in [-0.2, -0.15) is 0 Å². The van der Waals surface area contributed by atoms with Crippen molar-refractivity contribution in [1.29, 1.82) is 0 Å². The lowest BCUT2D eigenvalue weighted by Gasteiger charge is -2.16. The molecule has 0 aliphatic heterocycles. The highest BCUT2D eigenvalue weighted by molar-refractivity contribution is 8.28. The summed E-state index contributed by atoms with van der Waals surface area (Å²) in [6, 6.07) is 16.8. The Bertz CT molecular complexity index is 597. The fraction of sp³-hybridized carbons (Fsp3) is 0.235. The van der Waals surface area contributed by atoms with Crippen molar-refractivity contribution < 1.29 is 0 Å². The van der Waals surface area contributed by atoms with E-state index in [1.807, 2.05) is 17.4 Å². The first kappa shape index (κ1) is 15.1. The van der Waals surface area contributed by atoms with Crippen LogP contribution in [0, 0.1) is 6.92 Å². The molecule has 0 aliphatic carbocycles. The highest BCUT2D eigenvalue weighted by Crippen LogP contribution is 2.35. The zero-order chi connectivity index (χ0) is 14.6. The van der Waals surface area contributed by atoms with E-state index in [2.05, 4.69) is 80.1 Å². The molecule has 0 saturated heterocycles. The molecule has 104 valence electrons. The van der Waals surface area contributed by atoms with E-state index < -0.39 is 7.22 Å². The van der Waals surface area contributed by atoms with Crippen molar-refractivity contribution in [2.24, 2.45) is 4.99 Å². The largest absolute Gasteiger partial charge is 0.255 e. The summed E-state index contributed by atoms with van der Waals surface area (Å²) >= 11 is 1.99. The highest BCUT2D eigenvalue weighted by atomic mass is 32.4. The minimum Gasteiger partial charge on any atom is -0.255 e. The van der Waals surface area contributed by atoms with Gasteiger partial charge in [-0.05, 0) is 24.6 Å². The van der Waals surface area contributed by atoms with Gasteiger partial charge in [0.15, 0.2) is 0 Å². The molecule has 2 rings (SSSR count). The van der Waals surface area contributed by atoms with Crippen molar-refractivity contribution in [3.63, 3.8) is 0 Å². The number of hydrogen-bond donors (Lipinski definition) is 0. The maximum atomic E-state index is 4.67. The van der Waals surface area contributed by atoms with Crippen LogP contribution in [0.1, 0.15) is 11.1 Å². The first-order valence-corrected chi connectivity index (χ1v) is 11.9. The van der Waals surface area contributed by atoms with Gasteiger partial charge in [-0.25, -0.2) is 0 Å². The monoisotopic (exact) mass is 299 g/mol. The zero-order valence-electron chi connectivity index (χ0n) is 12.6. The van der Waals surface area contributed by atoms with E-state index in [-0.39, 0.29) is 0 Å². The summed E-state index contributed by atoms with van der Waals surface area (Å²) in [5.41, 5.74) is 3.49. The van der Waals surface area contributed by atoms with Crippen LogP contribution in [-0.4, -0.2) is 13.4 Å². The molecular formula is C17H21NSSi. The molecule has 0 N–H and O–H groups in total. The standard InChI is InChI=1S/C17H21NSSi/c1-14-9-11-15(12-10-14)13-18-16-7-5-6-8-17(16)19-20(2,3)4/h5-13H,1-4H3. The second kappa shape index (κ2) is 6.42. The zero-order valence-corrected chi connectivity index (χ0v) is 14.4. The number of aryl methyl sites for hydroxylation is 1. The Morgan fingerprint density at radius 2 is 1.60 bits per heavy atom. The molecule has 3 heteroatoms. The second-order valence-corrected chi connectivity index (χ2v) is 15.0. The summed E-state index contributed by atoms with van der Waals surface area (Å²) in [6.07, 6.45) is 1.95. The lowest BCUT2D eigenvalue weighted by atomic mass is 10.2. The predicted octanol–water partition coefficient (Wildman–Crippen LogP) is 5.67. The van der Waals surface area contributed by atoms with Gasteiger partial charge in [0.2, 0.25) is 0 Å². The van der Waals surface area contributed by atoms with E-state index in [4.69, 9.17) is 0 Å². The summed E-state index contributed by atoms with van der Waals surface area (Å²) in [6.45, 7) is 9.18. The Morgan fingerprint density at radius 1 is 0.950 bits per heavy atom. The summed E-state index contributed by atoms with van der Waals surface area (Å²) in [5, 5.41) is 0. The predicted molar refractivity (Wildman–Crippen MR) is 94.1 cm³/mol. The molecular weight excluding hydrogens is 278 g/mol. The van der Waals surface area contributed by atoms with Crippen LogP contribution in [0.4, 0.5) is 5.69 Å². The molecule has 20 heavy (non-hydrogen) atoms. The van der Waals surface area contributed by atoms with Crippen LogP contribution in [0.15, 0.2) is 58.4 Å². The van der Waals surface area contributed by atoms with Gasteiger partial charge in [0, 0.05) is 11.1 Å². The summed E-state index contributed by atoms with van der Waals surface area (Å²) in [5.74, 6) is 0. The fourth-order valence-corrected chi connectivity index (χ4v) is 5.31. The molecule has 0 spiro atoms. The lowest BCUT2D eigenvalue weighted by molar-refractivity contribution is 1.38. The fourth-order valence-electron chi connectivity index (χ4n) is 1.78. The molecule has 0 aromatic heterocycles. The Morgan fingerprint density at radius 3 is 2.25 bits per heavy atom. The number of rotatable bonds is 4. The van der Waals surface area contributed by atoms with Crippen LogP contribution < -0.4 is 0 Å². The summed E-state index contributed by atoms with van der Waals surface area (Å²) < 4.78 is 0. The van der Waals surface area contributed by atoms with Crippen LogP contribution >= 0.6 is 11.2 Å². The molecule has 0 fully saturated rings. The number of aliphatic imine (C=N–C) groups is 1. The average Bonchev–Trinajstić information content (AvgIpc) is 2.38. The maximum absolute atomic E-state index is 4.67. The van der Waals surface area contributed by atoms with Gasteiger partial charge in [0.05, 0.1) is 5.69 Å². The van der Waals surface area contributed by atoms with Crippen LogP contribution in [0.5, 0.6) is 0 Å². The molecule has 0 atom stereocenters. The van der Waals surface area contributed by atoms with Crippen molar-refractivity contribution >= 4 is 30.3 Å². The molecule has 0 unspecified atom stereocenters. The number of benzene rings is 2. The third-order valence-electron chi connectivity index (χ3n) is 2.71. The van der Waals surface area contributed by atoms with Crippen LogP contribution in [0.3, 0.4) is 0 Å². The second-order valence-electron chi connectivity index (χ2n) is 5.85. The van der Waals surface area contributed by atoms with E-state index in [1.54, 1.807) is 0 Å². The number of hydrogen-bond acceptors (Lipinski definition) is 2. The normalized spacial score (nSPS) is 12.0. The van der Waals surface area contributed by atoms with Crippen LogP contribution in [-0.2, 0) is 0 Å². The van der Waals surface area contributed by atoms with Gasteiger partial charge in [-0.3, -0.25) is 4.99 Å². The van der Waals surface area contributed by atoms with E-state index in [0.29, 0.717) is 0 Å². The minimum atomic E-state index is -1.20. The third-order valence-corrected chi connectivity index (χ3v) is 6.39. The number of nitrogens with zero attached hydrogens (tertiary/aromatic N) is 1. The third kappa shape index (κ3) is 4.65. The van der Waals surface area contributed by atoms with E-state index in [9.17, 15) is 0 Å². The van der Waals surface area contributed by atoms with Gasteiger partial charge in [-0.15, -0.1) is 11.2 Å². The average molecular weight is 300 g/mol. The molecule has 1 nitrogen and oxygen atoms in total. The minimum absolute atomic E-state index is 1.07. The quantitative estimate of drug-likeness (QED) is 0.523. The van der Waals surface area contributed by atoms with Gasteiger partial charge in [-0.1, -0.05) is 61.6 Å². The smallest absolute Gasteiger partial charge is 0.114 e. The number of para-hydroxylation sites is 1. The molecule has 0 heterocycles. The molecule has 0 saturated carbocycles. The SMILES string of the molecule is Cc1ccc(C=Nc2ccccc2S[Si](C)(C)C)cc1. The van der Waals surface area contributed by atoms with E-state index in [1.165, 1.54) is 10.5 Å². The summed E-state index contributed by atoms with van der Waals surface area (Å²) in [7, 11) is -1.20.